The van der Waals surface area contributed by atoms with Crippen LogP contribution in [0.1, 0.15) is 39.5 Å². The van der Waals surface area contributed by atoms with Crippen LogP contribution in [-0.4, -0.2) is 49.3 Å². The smallest absolute Gasteiger partial charge is 0.0499 e. The van der Waals surface area contributed by atoms with Gasteiger partial charge >= 0.3 is 0 Å². The van der Waals surface area contributed by atoms with E-state index >= 15 is 0 Å². The summed E-state index contributed by atoms with van der Waals surface area (Å²) in [5.41, 5.74) is 0.198. The number of aliphatic hydroxyl groups is 1. The van der Waals surface area contributed by atoms with E-state index in [2.05, 4.69) is 24.1 Å². The van der Waals surface area contributed by atoms with Crippen LogP contribution >= 0.6 is 0 Å². The van der Waals surface area contributed by atoms with Crippen LogP contribution in [0.4, 0.5) is 0 Å². The fourth-order valence-electron chi connectivity index (χ4n) is 2.65. The van der Waals surface area contributed by atoms with Crippen molar-refractivity contribution in [2.45, 2.75) is 39.5 Å². The van der Waals surface area contributed by atoms with Crippen molar-refractivity contribution in [3.63, 3.8) is 0 Å². The van der Waals surface area contributed by atoms with Gasteiger partial charge in [0.25, 0.3) is 0 Å². The summed E-state index contributed by atoms with van der Waals surface area (Å²) in [5, 5.41) is 13.0. The minimum atomic E-state index is 0.198. The molecule has 1 fully saturated rings. The average molecular weight is 228 g/mol. The second kappa shape index (κ2) is 7.25. The molecule has 96 valence electrons. The van der Waals surface area contributed by atoms with Crippen LogP contribution in [0.3, 0.4) is 0 Å². The van der Waals surface area contributed by atoms with E-state index in [4.69, 9.17) is 0 Å². The molecule has 16 heavy (non-hydrogen) atoms. The first-order valence-electron chi connectivity index (χ1n) is 6.80. The maximum absolute atomic E-state index is 9.47. The fraction of sp³-hybridized carbons (Fsp3) is 1.00. The van der Waals surface area contributed by atoms with E-state index < -0.39 is 0 Å². The molecule has 0 aromatic heterocycles. The van der Waals surface area contributed by atoms with Gasteiger partial charge in [-0.15, -0.1) is 0 Å². The minimum absolute atomic E-state index is 0.198. The number of nitrogens with one attached hydrogen (secondary N) is 1. The van der Waals surface area contributed by atoms with Crippen molar-refractivity contribution >= 4 is 0 Å². The maximum atomic E-state index is 9.47. The molecular weight excluding hydrogens is 200 g/mol. The molecule has 0 heterocycles. The van der Waals surface area contributed by atoms with Crippen LogP contribution in [0.5, 0.6) is 0 Å². The molecule has 0 aromatic rings. The SMILES string of the molecule is CCN(CC)CCNCC1(CO)CCCC1. The third-order valence-electron chi connectivity index (χ3n) is 4.00. The minimum Gasteiger partial charge on any atom is -0.396 e. The lowest BCUT2D eigenvalue weighted by Crippen LogP contribution is -2.39. The van der Waals surface area contributed by atoms with Gasteiger partial charge in [-0.1, -0.05) is 26.7 Å². The molecular formula is C13H28N2O. The van der Waals surface area contributed by atoms with E-state index in [-0.39, 0.29) is 5.41 Å². The zero-order valence-corrected chi connectivity index (χ0v) is 11.0. The lowest BCUT2D eigenvalue weighted by Gasteiger charge is -2.27. The summed E-state index contributed by atoms with van der Waals surface area (Å²) >= 11 is 0. The Kier molecular flexibility index (Phi) is 6.32. The molecule has 3 nitrogen and oxygen atoms in total. The molecule has 0 saturated heterocycles. The Morgan fingerprint density at radius 1 is 1.19 bits per heavy atom. The lowest BCUT2D eigenvalue weighted by molar-refractivity contribution is 0.127. The second-order valence-corrected chi connectivity index (χ2v) is 5.07. The summed E-state index contributed by atoms with van der Waals surface area (Å²) in [6, 6.07) is 0. The molecule has 3 heteroatoms. The number of nitrogens with zero attached hydrogens (tertiary/aromatic N) is 1. The van der Waals surface area contributed by atoms with Gasteiger partial charge in [0.15, 0.2) is 0 Å². The Labute approximate surface area is 100 Å². The highest BCUT2D eigenvalue weighted by atomic mass is 16.3. The Bertz CT molecular complexity index is 175. The van der Waals surface area contributed by atoms with Crippen molar-refractivity contribution in [3.8, 4) is 0 Å². The van der Waals surface area contributed by atoms with Gasteiger partial charge in [0.1, 0.15) is 0 Å². The molecule has 0 spiro atoms. The monoisotopic (exact) mass is 228 g/mol. The summed E-state index contributed by atoms with van der Waals surface area (Å²) in [4.78, 5) is 2.42. The first-order valence-corrected chi connectivity index (χ1v) is 6.80. The fourth-order valence-corrected chi connectivity index (χ4v) is 2.65. The molecule has 0 aromatic carbocycles. The van der Waals surface area contributed by atoms with Gasteiger partial charge in [-0.25, -0.2) is 0 Å². The van der Waals surface area contributed by atoms with Crippen molar-refractivity contribution < 1.29 is 5.11 Å². The van der Waals surface area contributed by atoms with Crippen molar-refractivity contribution in [1.29, 1.82) is 0 Å². The molecule has 0 bridgehead atoms. The molecule has 2 N–H and O–H groups in total. The summed E-state index contributed by atoms with van der Waals surface area (Å²) in [6.07, 6.45) is 4.97. The highest BCUT2D eigenvalue weighted by Crippen LogP contribution is 2.36. The van der Waals surface area contributed by atoms with Crippen LogP contribution in [0, 0.1) is 5.41 Å². The normalized spacial score (nSPS) is 19.5. The third kappa shape index (κ3) is 4.04. The van der Waals surface area contributed by atoms with Crippen LogP contribution in [0.2, 0.25) is 0 Å². The van der Waals surface area contributed by atoms with Gasteiger partial charge in [-0.3, -0.25) is 0 Å². The molecule has 0 amide bonds. The Hall–Kier alpha value is -0.120. The van der Waals surface area contributed by atoms with Gasteiger partial charge < -0.3 is 15.3 Å². The molecule has 0 atom stereocenters. The number of hydrogen-bond donors (Lipinski definition) is 2. The molecule has 0 unspecified atom stereocenters. The van der Waals surface area contributed by atoms with E-state index in [1.54, 1.807) is 0 Å². The largest absolute Gasteiger partial charge is 0.396 e. The van der Waals surface area contributed by atoms with E-state index in [1.165, 1.54) is 25.7 Å². The van der Waals surface area contributed by atoms with E-state index in [9.17, 15) is 5.11 Å². The van der Waals surface area contributed by atoms with Crippen LogP contribution < -0.4 is 5.32 Å². The number of hydrogen-bond acceptors (Lipinski definition) is 3. The standard InChI is InChI=1S/C13H28N2O/c1-3-15(4-2)10-9-14-11-13(12-16)7-5-6-8-13/h14,16H,3-12H2,1-2H3. The molecule has 1 saturated carbocycles. The zero-order chi connectivity index (χ0) is 11.9. The van der Waals surface area contributed by atoms with E-state index in [0.717, 1.165) is 32.7 Å². The molecule has 1 aliphatic rings. The zero-order valence-electron chi connectivity index (χ0n) is 11.0. The summed E-state index contributed by atoms with van der Waals surface area (Å²) in [5.74, 6) is 0. The van der Waals surface area contributed by atoms with Gasteiger partial charge in [-0.2, -0.15) is 0 Å². The van der Waals surface area contributed by atoms with Gasteiger partial charge in [-0.05, 0) is 25.9 Å². The van der Waals surface area contributed by atoms with Crippen molar-refractivity contribution in [2.24, 2.45) is 5.41 Å². The first kappa shape index (κ1) is 13.9. The predicted molar refractivity (Wildman–Crippen MR) is 68.6 cm³/mol. The molecule has 0 radical (unpaired) electrons. The van der Waals surface area contributed by atoms with Crippen molar-refractivity contribution in [1.82, 2.24) is 10.2 Å². The summed E-state index contributed by atoms with van der Waals surface area (Å²) in [6.45, 7) is 10.2. The number of aliphatic hydroxyl groups excluding tert-OH is 1. The van der Waals surface area contributed by atoms with Crippen molar-refractivity contribution in [3.05, 3.63) is 0 Å². The van der Waals surface area contributed by atoms with Gasteiger partial charge in [0.2, 0.25) is 0 Å². The summed E-state index contributed by atoms with van der Waals surface area (Å²) < 4.78 is 0. The van der Waals surface area contributed by atoms with Crippen molar-refractivity contribution in [2.75, 3.05) is 39.3 Å². The van der Waals surface area contributed by atoms with E-state index in [1.807, 2.05) is 0 Å². The highest BCUT2D eigenvalue weighted by Gasteiger charge is 2.32. The lowest BCUT2D eigenvalue weighted by atomic mass is 9.87. The quantitative estimate of drug-likeness (QED) is 0.618. The predicted octanol–water partition coefficient (Wildman–Crippen LogP) is 1.47. The number of likely N-dealkylation sites (N-methyl/N-ethyl adjacent to an activating group) is 1. The summed E-state index contributed by atoms with van der Waals surface area (Å²) in [7, 11) is 0. The Morgan fingerprint density at radius 2 is 1.81 bits per heavy atom. The second-order valence-electron chi connectivity index (χ2n) is 5.07. The van der Waals surface area contributed by atoms with Crippen LogP contribution in [0.25, 0.3) is 0 Å². The van der Waals surface area contributed by atoms with Gasteiger partial charge in [0.05, 0.1) is 0 Å². The van der Waals surface area contributed by atoms with Crippen LogP contribution in [0.15, 0.2) is 0 Å². The molecule has 1 rings (SSSR count). The topological polar surface area (TPSA) is 35.5 Å². The van der Waals surface area contributed by atoms with Gasteiger partial charge in [0, 0.05) is 31.7 Å². The maximum Gasteiger partial charge on any atom is 0.0499 e. The third-order valence-corrected chi connectivity index (χ3v) is 4.00. The average Bonchev–Trinajstić information content (AvgIpc) is 2.79. The Balaban J connectivity index is 2.14. The molecule has 0 aliphatic heterocycles. The Morgan fingerprint density at radius 3 is 2.31 bits per heavy atom. The van der Waals surface area contributed by atoms with Crippen LogP contribution in [-0.2, 0) is 0 Å². The molecule has 1 aliphatic carbocycles. The highest BCUT2D eigenvalue weighted by molar-refractivity contribution is 4.86. The number of rotatable bonds is 8. The first-order chi connectivity index (χ1) is 7.76. The van der Waals surface area contributed by atoms with E-state index in [0.29, 0.717) is 6.61 Å².